The fourth-order valence-electron chi connectivity index (χ4n) is 1.73. The summed E-state index contributed by atoms with van der Waals surface area (Å²) in [5, 5.41) is 9.76. The van der Waals surface area contributed by atoms with Crippen molar-refractivity contribution < 1.29 is 19.4 Å². The minimum absolute atomic E-state index is 0.145. The van der Waals surface area contributed by atoms with Crippen molar-refractivity contribution in [1.82, 2.24) is 0 Å². The summed E-state index contributed by atoms with van der Waals surface area (Å²) < 4.78 is 10.6. The maximum absolute atomic E-state index is 11.2. The number of hydrogen-bond acceptors (Lipinski definition) is 3. The molecule has 0 aliphatic heterocycles. The quantitative estimate of drug-likeness (QED) is 0.914. The molecule has 104 valence electrons. The third kappa shape index (κ3) is 3.42. The summed E-state index contributed by atoms with van der Waals surface area (Å²) in [6, 6.07) is 11.8. The summed E-state index contributed by atoms with van der Waals surface area (Å²) in [5.74, 6) is 0.0622. The summed E-state index contributed by atoms with van der Waals surface area (Å²) in [5.41, 5.74) is 0.727. The third-order valence-corrected chi connectivity index (χ3v) is 2.97. The molecule has 0 aliphatic carbocycles. The van der Waals surface area contributed by atoms with Crippen molar-refractivity contribution in [2.24, 2.45) is 0 Å². The van der Waals surface area contributed by atoms with Gasteiger partial charge in [-0.2, -0.15) is 0 Å². The minimum Gasteiger partial charge on any atom is -0.497 e. The van der Waals surface area contributed by atoms with Crippen LogP contribution in [0.15, 0.2) is 42.5 Å². The van der Waals surface area contributed by atoms with Gasteiger partial charge >= 0.3 is 5.97 Å². The SMILES string of the molecule is COc1ccc(COc2cccc(Cl)c2)c(C(=O)O)c1. The van der Waals surface area contributed by atoms with Crippen LogP contribution in [0.25, 0.3) is 0 Å². The van der Waals surface area contributed by atoms with Gasteiger partial charge < -0.3 is 14.6 Å². The van der Waals surface area contributed by atoms with Gasteiger partial charge in [-0.25, -0.2) is 4.79 Å². The lowest BCUT2D eigenvalue weighted by atomic mass is 10.1. The van der Waals surface area contributed by atoms with Crippen LogP contribution in [0.3, 0.4) is 0 Å². The molecule has 0 heterocycles. The first-order valence-corrected chi connectivity index (χ1v) is 6.26. The molecule has 2 rings (SSSR count). The molecule has 2 aromatic carbocycles. The Hall–Kier alpha value is -2.20. The monoisotopic (exact) mass is 292 g/mol. The van der Waals surface area contributed by atoms with Gasteiger partial charge in [-0.15, -0.1) is 0 Å². The molecule has 1 N–H and O–H groups in total. The van der Waals surface area contributed by atoms with Gasteiger partial charge in [-0.1, -0.05) is 23.7 Å². The molecule has 0 saturated heterocycles. The van der Waals surface area contributed by atoms with Gasteiger partial charge in [0.25, 0.3) is 0 Å². The van der Waals surface area contributed by atoms with E-state index in [9.17, 15) is 9.90 Å². The lowest BCUT2D eigenvalue weighted by Gasteiger charge is -2.10. The summed E-state index contributed by atoms with van der Waals surface area (Å²) in [6.45, 7) is 0.145. The highest BCUT2D eigenvalue weighted by molar-refractivity contribution is 6.30. The Bertz CT molecular complexity index is 625. The van der Waals surface area contributed by atoms with Gasteiger partial charge in [0.2, 0.25) is 0 Å². The smallest absolute Gasteiger partial charge is 0.336 e. The molecule has 2 aromatic rings. The Balaban J connectivity index is 2.18. The first-order valence-electron chi connectivity index (χ1n) is 5.88. The lowest BCUT2D eigenvalue weighted by Crippen LogP contribution is -2.06. The highest BCUT2D eigenvalue weighted by atomic mass is 35.5. The Kier molecular flexibility index (Phi) is 4.48. The number of methoxy groups -OCH3 is 1. The molecule has 5 heteroatoms. The second-order valence-corrected chi connectivity index (χ2v) is 4.51. The first-order chi connectivity index (χ1) is 9.60. The number of benzene rings is 2. The van der Waals surface area contributed by atoms with Crippen molar-refractivity contribution in [3.05, 3.63) is 58.6 Å². The number of carboxylic acid groups (broad SMARTS) is 1. The zero-order valence-electron chi connectivity index (χ0n) is 10.8. The molecule has 0 atom stereocenters. The van der Waals surface area contributed by atoms with E-state index in [-0.39, 0.29) is 12.2 Å². The predicted octanol–water partition coefficient (Wildman–Crippen LogP) is 3.63. The van der Waals surface area contributed by atoms with Crippen LogP contribution in [0.4, 0.5) is 0 Å². The van der Waals surface area contributed by atoms with Gasteiger partial charge in [0.1, 0.15) is 18.1 Å². The highest BCUT2D eigenvalue weighted by Crippen LogP contribution is 2.22. The number of rotatable bonds is 5. The number of carbonyl (C=O) groups is 1. The number of aromatic carboxylic acids is 1. The molecular formula is C15H13ClO4. The van der Waals surface area contributed by atoms with Crippen LogP contribution in [0.1, 0.15) is 15.9 Å². The second kappa shape index (κ2) is 6.30. The van der Waals surface area contributed by atoms with Crippen LogP contribution < -0.4 is 9.47 Å². The van der Waals surface area contributed by atoms with E-state index in [2.05, 4.69) is 0 Å². The fraction of sp³-hybridized carbons (Fsp3) is 0.133. The average Bonchev–Trinajstić information content (AvgIpc) is 2.45. The lowest BCUT2D eigenvalue weighted by molar-refractivity contribution is 0.0693. The summed E-state index contributed by atoms with van der Waals surface area (Å²) >= 11 is 5.86. The molecule has 0 radical (unpaired) electrons. The van der Waals surface area contributed by atoms with Crippen LogP contribution in [0.5, 0.6) is 11.5 Å². The van der Waals surface area contributed by atoms with E-state index in [1.165, 1.54) is 13.2 Å². The summed E-state index contributed by atoms with van der Waals surface area (Å²) in [4.78, 5) is 11.2. The second-order valence-electron chi connectivity index (χ2n) is 4.07. The van der Waals surface area contributed by atoms with Crippen molar-refractivity contribution in [2.75, 3.05) is 7.11 Å². The molecule has 4 nitrogen and oxygen atoms in total. The van der Waals surface area contributed by atoms with E-state index >= 15 is 0 Å². The van der Waals surface area contributed by atoms with Crippen LogP contribution in [0, 0.1) is 0 Å². The van der Waals surface area contributed by atoms with Crippen molar-refractivity contribution in [3.8, 4) is 11.5 Å². The molecule has 0 amide bonds. The van der Waals surface area contributed by atoms with Crippen LogP contribution in [-0.4, -0.2) is 18.2 Å². The molecule has 0 bridgehead atoms. The van der Waals surface area contributed by atoms with E-state index < -0.39 is 5.97 Å². The molecule has 0 spiro atoms. The Morgan fingerprint density at radius 3 is 2.65 bits per heavy atom. The van der Waals surface area contributed by atoms with Gasteiger partial charge in [-0.05, 0) is 30.3 Å². The Labute approximate surface area is 121 Å². The summed E-state index contributed by atoms with van der Waals surface area (Å²) in [7, 11) is 1.49. The molecule has 0 unspecified atom stereocenters. The molecule has 0 aromatic heterocycles. The van der Waals surface area contributed by atoms with Gasteiger partial charge in [0.15, 0.2) is 0 Å². The fourth-order valence-corrected chi connectivity index (χ4v) is 1.91. The van der Waals surface area contributed by atoms with Crippen LogP contribution in [-0.2, 0) is 6.61 Å². The van der Waals surface area contributed by atoms with Crippen molar-refractivity contribution in [3.63, 3.8) is 0 Å². The highest BCUT2D eigenvalue weighted by Gasteiger charge is 2.12. The predicted molar refractivity (Wildman–Crippen MR) is 75.7 cm³/mol. The zero-order valence-corrected chi connectivity index (χ0v) is 11.6. The Morgan fingerprint density at radius 2 is 2.00 bits per heavy atom. The van der Waals surface area contributed by atoms with E-state index in [1.54, 1.807) is 36.4 Å². The maximum Gasteiger partial charge on any atom is 0.336 e. The van der Waals surface area contributed by atoms with Gasteiger partial charge in [0, 0.05) is 10.6 Å². The Morgan fingerprint density at radius 1 is 1.20 bits per heavy atom. The third-order valence-electron chi connectivity index (χ3n) is 2.74. The van der Waals surface area contributed by atoms with E-state index in [0.29, 0.717) is 22.1 Å². The number of halogens is 1. The normalized spacial score (nSPS) is 10.1. The zero-order chi connectivity index (χ0) is 14.5. The first kappa shape index (κ1) is 14.2. The number of ether oxygens (including phenoxy) is 2. The average molecular weight is 293 g/mol. The minimum atomic E-state index is -1.02. The largest absolute Gasteiger partial charge is 0.497 e. The number of hydrogen-bond donors (Lipinski definition) is 1. The molecule has 20 heavy (non-hydrogen) atoms. The molecule has 0 fully saturated rings. The van der Waals surface area contributed by atoms with E-state index in [1.807, 2.05) is 0 Å². The summed E-state index contributed by atoms with van der Waals surface area (Å²) in [6.07, 6.45) is 0. The van der Waals surface area contributed by atoms with Crippen molar-refractivity contribution in [2.45, 2.75) is 6.61 Å². The van der Waals surface area contributed by atoms with E-state index in [0.717, 1.165) is 0 Å². The van der Waals surface area contributed by atoms with Crippen LogP contribution >= 0.6 is 11.6 Å². The molecule has 0 aliphatic rings. The van der Waals surface area contributed by atoms with E-state index in [4.69, 9.17) is 21.1 Å². The molecule has 0 saturated carbocycles. The molecular weight excluding hydrogens is 280 g/mol. The standard InChI is InChI=1S/C15H13ClO4/c1-19-12-6-5-10(14(8-12)15(17)18)9-20-13-4-2-3-11(16)7-13/h2-8H,9H2,1H3,(H,17,18). The number of carboxylic acids is 1. The van der Waals surface area contributed by atoms with Crippen LogP contribution in [0.2, 0.25) is 5.02 Å². The van der Waals surface area contributed by atoms with Crippen molar-refractivity contribution >= 4 is 17.6 Å². The van der Waals surface area contributed by atoms with Gasteiger partial charge in [-0.3, -0.25) is 0 Å². The maximum atomic E-state index is 11.2. The topological polar surface area (TPSA) is 55.8 Å². The van der Waals surface area contributed by atoms with Gasteiger partial charge in [0.05, 0.1) is 12.7 Å². The van der Waals surface area contributed by atoms with Crippen molar-refractivity contribution in [1.29, 1.82) is 0 Å².